The Morgan fingerprint density at radius 2 is 2.11 bits per heavy atom. The molecule has 0 atom stereocenters. The van der Waals surface area contributed by atoms with Crippen LogP contribution >= 0.6 is 0 Å². The number of allylic oxidation sites excluding steroid dienone is 3. The van der Waals surface area contributed by atoms with E-state index >= 15 is 0 Å². The summed E-state index contributed by atoms with van der Waals surface area (Å²) in [5.41, 5.74) is 10.3. The molecule has 8 heteroatoms. The van der Waals surface area contributed by atoms with Crippen molar-refractivity contribution in [2.24, 2.45) is 0 Å². The zero-order chi connectivity index (χ0) is 14.0. The van der Waals surface area contributed by atoms with Crippen LogP contribution in [0.25, 0.3) is 5.53 Å². The number of halogens is 1. The van der Waals surface area contributed by atoms with Gasteiger partial charge in [-0.05, 0) is 19.1 Å². The van der Waals surface area contributed by atoms with Crippen LogP contribution in [-0.2, 0) is 0 Å². The van der Waals surface area contributed by atoms with Gasteiger partial charge < -0.3 is 25.6 Å². The molecule has 0 bridgehead atoms. The quantitative estimate of drug-likeness (QED) is 0.367. The molecule has 0 fully saturated rings. The second kappa shape index (κ2) is 9.55. The Labute approximate surface area is 105 Å². The first-order valence-corrected chi connectivity index (χ1v) is 5.50. The summed E-state index contributed by atoms with van der Waals surface area (Å²) >= 11 is 0. The highest BCUT2D eigenvalue weighted by Crippen LogP contribution is 2.11. The first kappa shape index (κ1) is 16.5. The van der Waals surface area contributed by atoms with Crippen LogP contribution in [0.2, 0.25) is 0 Å². The summed E-state index contributed by atoms with van der Waals surface area (Å²) in [5.74, 6) is 0. The standard InChI is InChI=1S/C10H15N3O.BFH2O2/c1-2-13(7-8-14)10-5-3-9(12-11)4-6-10;2-1(3)4/h3,5-6,14H,2,4,7-8H2,1H3;3-4H. The molecule has 1 rings (SSSR count). The van der Waals surface area contributed by atoms with Crippen LogP contribution < -0.4 is 0 Å². The highest BCUT2D eigenvalue weighted by molar-refractivity contribution is 6.31. The lowest BCUT2D eigenvalue weighted by Crippen LogP contribution is -2.26. The molecule has 0 saturated carbocycles. The Balaban J connectivity index is 0.000000631. The van der Waals surface area contributed by atoms with Crippen molar-refractivity contribution >= 4 is 13.1 Å². The maximum atomic E-state index is 10.1. The van der Waals surface area contributed by atoms with Crippen LogP contribution in [0.1, 0.15) is 13.3 Å². The van der Waals surface area contributed by atoms with Crippen molar-refractivity contribution in [2.75, 3.05) is 19.7 Å². The van der Waals surface area contributed by atoms with Gasteiger partial charge in [0.15, 0.2) is 0 Å². The molecule has 18 heavy (non-hydrogen) atoms. The molecule has 0 spiro atoms. The second-order valence-corrected chi connectivity index (χ2v) is 3.37. The van der Waals surface area contributed by atoms with Crippen molar-refractivity contribution in [2.45, 2.75) is 13.3 Å². The fourth-order valence-corrected chi connectivity index (χ4v) is 1.43. The largest absolute Gasteiger partial charge is 0.674 e. The third-order valence-corrected chi connectivity index (χ3v) is 2.21. The van der Waals surface area contributed by atoms with Gasteiger partial charge in [0.25, 0.3) is 5.71 Å². The summed E-state index contributed by atoms with van der Waals surface area (Å²) in [4.78, 5) is 5.20. The van der Waals surface area contributed by atoms with E-state index < -0.39 is 7.40 Å². The van der Waals surface area contributed by atoms with Gasteiger partial charge in [-0.25, -0.2) is 0 Å². The SMILES string of the molecule is CCN(CCO)C1=CCC(=[N+]=[N-])C=C1.OB(O)F. The Bertz CT molecular complexity index is 352. The van der Waals surface area contributed by atoms with E-state index in [4.69, 9.17) is 20.7 Å². The zero-order valence-electron chi connectivity index (χ0n) is 10.2. The Kier molecular flexibility index (Phi) is 8.78. The molecule has 0 aromatic carbocycles. The number of nitrogens with zero attached hydrogens (tertiary/aromatic N) is 3. The molecule has 0 aliphatic heterocycles. The predicted octanol–water partition coefficient (Wildman–Crippen LogP) is -0.259. The summed E-state index contributed by atoms with van der Waals surface area (Å²) in [6, 6.07) is 0. The number of aliphatic hydroxyl groups is 1. The third kappa shape index (κ3) is 6.98. The molecule has 0 saturated heterocycles. The number of hydrogen-bond acceptors (Lipinski definition) is 4. The third-order valence-electron chi connectivity index (χ3n) is 2.21. The lowest BCUT2D eigenvalue weighted by atomic mass is 10.1. The van der Waals surface area contributed by atoms with Gasteiger partial charge in [0.05, 0.1) is 13.0 Å². The van der Waals surface area contributed by atoms with E-state index in [2.05, 4.69) is 9.69 Å². The van der Waals surface area contributed by atoms with Crippen LogP contribution in [0.4, 0.5) is 4.32 Å². The van der Waals surface area contributed by atoms with Crippen molar-refractivity contribution in [1.82, 2.24) is 4.90 Å². The average Bonchev–Trinajstić information content (AvgIpc) is 2.35. The molecular formula is C10H17BFN3O3. The lowest BCUT2D eigenvalue weighted by molar-refractivity contribution is -0.00547. The van der Waals surface area contributed by atoms with Gasteiger partial charge in [0.2, 0.25) is 0 Å². The summed E-state index contributed by atoms with van der Waals surface area (Å²) in [6.07, 6.45) is 6.32. The highest BCUT2D eigenvalue weighted by atomic mass is 19.1. The van der Waals surface area contributed by atoms with Crippen LogP contribution in [0, 0.1) is 0 Å². The van der Waals surface area contributed by atoms with Gasteiger partial charge >= 0.3 is 7.40 Å². The minimum absolute atomic E-state index is 0.153. The van der Waals surface area contributed by atoms with E-state index in [0.29, 0.717) is 18.7 Å². The predicted molar refractivity (Wildman–Crippen MR) is 66.1 cm³/mol. The minimum atomic E-state index is -2.67. The maximum Gasteiger partial charge on any atom is 0.674 e. The topological polar surface area (TPSA) is 100 Å². The van der Waals surface area contributed by atoms with Gasteiger partial charge in [-0.1, -0.05) is 0 Å². The van der Waals surface area contributed by atoms with Crippen molar-refractivity contribution < 1.29 is 24.3 Å². The molecule has 1 aliphatic rings. The number of aliphatic hydroxyl groups excluding tert-OH is 1. The number of rotatable bonds is 4. The van der Waals surface area contributed by atoms with E-state index in [0.717, 1.165) is 12.2 Å². The fourth-order valence-electron chi connectivity index (χ4n) is 1.43. The Morgan fingerprint density at radius 1 is 1.50 bits per heavy atom. The molecule has 0 aromatic heterocycles. The van der Waals surface area contributed by atoms with Crippen molar-refractivity contribution in [3.8, 4) is 0 Å². The fraction of sp³-hybridized carbons (Fsp3) is 0.500. The van der Waals surface area contributed by atoms with Crippen LogP contribution in [0.15, 0.2) is 23.9 Å². The molecular weight excluding hydrogens is 240 g/mol. The van der Waals surface area contributed by atoms with E-state index in [1.165, 1.54) is 0 Å². The van der Waals surface area contributed by atoms with Gasteiger partial charge in [-0.2, -0.15) is 4.79 Å². The van der Waals surface area contributed by atoms with E-state index in [-0.39, 0.29) is 6.61 Å². The van der Waals surface area contributed by atoms with Crippen molar-refractivity contribution in [3.05, 3.63) is 29.5 Å². The normalized spacial score (nSPS) is 13.2. The smallest absolute Gasteiger partial charge is 0.398 e. The zero-order valence-corrected chi connectivity index (χ0v) is 10.2. The van der Waals surface area contributed by atoms with Crippen LogP contribution in [0.5, 0.6) is 0 Å². The summed E-state index contributed by atoms with van der Waals surface area (Å²) < 4.78 is 10.1. The first-order valence-electron chi connectivity index (χ1n) is 5.50. The van der Waals surface area contributed by atoms with E-state index in [1.807, 2.05) is 19.1 Å². The van der Waals surface area contributed by atoms with Crippen molar-refractivity contribution in [1.29, 1.82) is 0 Å². The van der Waals surface area contributed by atoms with E-state index in [9.17, 15) is 4.32 Å². The molecule has 0 unspecified atom stereocenters. The monoisotopic (exact) mass is 257 g/mol. The number of likely N-dealkylation sites (N-methyl/N-ethyl adjacent to an activating group) is 1. The number of hydrogen-bond donors (Lipinski definition) is 3. The van der Waals surface area contributed by atoms with Crippen LogP contribution in [-0.4, -0.2) is 57.6 Å². The Hall–Kier alpha value is -1.47. The summed E-state index contributed by atoms with van der Waals surface area (Å²) in [5, 5.41) is 22.7. The van der Waals surface area contributed by atoms with Gasteiger partial charge in [0, 0.05) is 24.9 Å². The molecule has 6 nitrogen and oxygen atoms in total. The maximum absolute atomic E-state index is 10.1. The van der Waals surface area contributed by atoms with Crippen LogP contribution in [0.3, 0.4) is 0 Å². The molecule has 100 valence electrons. The summed E-state index contributed by atoms with van der Waals surface area (Å²) in [6.45, 7) is 3.70. The molecule has 1 aliphatic carbocycles. The molecule has 3 N–H and O–H groups in total. The molecule has 0 heterocycles. The van der Waals surface area contributed by atoms with Gasteiger partial charge in [0.1, 0.15) is 0 Å². The average molecular weight is 257 g/mol. The first-order chi connectivity index (χ1) is 8.54. The van der Waals surface area contributed by atoms with Gasteiger partial charge in [-0.15, -0.1) is 0 Å². The van der Waals surface area contributed by atoms with Gasteiger partial charge in [-0.3, -0.25) is 4.32 Å². The summed E-state index contributed by atoms with van der Waals surface area (Å²) in [7, 11) is -2.67. The van der Waals surface area contributed by atoms with Crippen molar-refractivity contribution in [3.63, 3.8) is 0 Å². The molecule has 0 radical (unpaired) electrons. The lowest BCUT2D eigenvalue weighted by Gasteiger charge is -2.23. The second-order valence-electron chi connectivity index (χ2n) is 3.37. The molecule has 0 amide bonds. The molecule has 0 aromatic rings. The van der Waals surface area contributed by atoms with E-state index in [1.54, 1.807) is 6.08 Å². The Morgan fingerprint density at radius 3 is 2.44 bits per heavy atom. The minimum Gasteiger partial charge on any atom is -0.398 e. The highest BCUT2D eigenvalue weighted by Gasteiger charge is 2.11.